The Morgan fingerprint density at radius 2 is 1.96 bits per heavy atom. The molecular formula is C17H16BrN3O2S. The van der Waals surface area contributed by atoms with Gasteiger partial charge in [0.2, 0.25) is 0 Å². The zero-order valence-electron chi connectivity index (χ0n) is 13.5. The molecule has 0 radical (unpaired) electrons. The zero-order valence-corrected chi connectivity index (χ0v) is 15.9. The van der Waals surface area contributed by atoms with E-state index in [4.69, 9.17) is 4.42 Å². The summed E-state index contributed by atoms with van der Waals surface area (Å²) in [4.78, 5) is 12.6. The summed E-state index contributed by atoms with van der Waals surface area (Å²) < 4.78 is 8.16. The van der Waals surface area contributed by atoms with E-state index in [-0.39, 0.29) is 11.0 Å². The molecule has 3 aromatic rings. The highest BCUT2D eigenvalue weighted by Gasteiger charge is 2.21. The summed E-state index contributed by atoms with van der Waals surface area (Å²) in [5.41, 5.74) is 1.59. The van der Waals surface area contributed by atoms with E-state index in [1.165, 1.54) is 11.8 Å². The Kier molecular flexibility index (Phi) is 4.91. The normalized spacial score (nSPS) is 12.3. The number of hydrogen-bond acceptors (Lipinski definition) is 5. The first-order valence-electron chi connectivity index (χ1n) is 7.37. The molecule has 0 N–H and O–H groups in total. The van der Waals surface area contributed by atoms with Gasteiger partial charge in [0.15, 0.2) is 16.8 Å². The minimum absolute atomic E-state index is 0.0662. The first-order chi connectivity index (χ1) is 11.5. The highest BCUT2D eigenvalue weighted by molar-refractivity contribution is 9.10. The second-order valence-corrected chi connectivity index (χ2v) is 7.61. The Bertz CT molecular complexity index is 870. The summed E-state index contributed by atoms with van der Waals surface area (Å²) in [5, 5.41) is 8.89. The van der Waals surface area contributed by atoms with Crippen LogP contribution < -0.4 is 0 Å². The molecule has 0 aliphatic carbocycles. The van der Waals surface area contributed by atoms with Gasteiger partial charge < -0.3 is 8.98 Å². The topological polar surface area (TPSA) is 60.9 Å². The number of nitrogens with zero attached hydrogens (tertiary/aromatic N) is 3. The van der Waals surface area contributed by atoms with Crippen molar-refractivity contribution in [2.75, 3.05) is 0 Å². The molecule has 0 saturated carbocycles. The molecule has 1 aromatic carbocycles. The van der Waals surface area contributed by atoms with Gasteiger partial charge in [0.1, 0.15) is 5.76 Å². The maximum atomic E-state index is 12.6. The van der Waals surface area contributed by atoms with Crippen LogP contribution in [0, 0.1) is 6.92 Å². The smallest absolute Gasteiger partial charge is 0.191 e. The van der Waals surface area contributed by atoms with Crippen LogP contribution in [0.1, 0.15) is 23.0 Å². The molecule has 7 heteroatoms. The van der Waals surface area contributed by atoms with E-state index in [1.807, 2.05) is 55.8 Å². The first kappa shape index (κ1) is 17.0. The molecule has 0 spiro atoms. The number of hydrogen-bond donors (Lipinski definition) is 0. The van der Waals surface area contributed by atoms with Gasteiger partial charge in [-0.3, -0.25) is 4.79 Å². The minimum Gasteiger partial charge on any atom is -0.469 e. The summed E-state index contributed by atoms with van der Waals surface area (Å²) in [5.74, 6) is 1.59. The van der Waals surface area contributed by atoms with Crippen LogP contribution in [0.15, 0.2) is 50.6 Å². The number of furan rings is 1. The Balaban J connectivity index is 1.79. The zero-order chi connectivity index (χ0) is 17.3. The van der Waals surface area contributed by atoms with Crippen LogP contribution in [0.2, 0.25) is 0 Å². The van der Waals surface area contributed by atoms with E-state index < -0.39 is 0 Å². The third-order valence-electron chi connectivity index (χ3n) is 3.71. The van der Waals surface area contributed by atoms with Crippen LogP contribution in [0.3, 0.4) is 0 Å². The first-order valence-corrected chi connectivity index (χ1v) is 9.05. The molecule has 24 heavy (non-hydrogen) atoms. The predicted octanol–water partition coefficient (Wildman–Crippen LogP) is 4.51. The van der Waals surface area contributed by atoms with E-state index in [0.29, 0.717) is 10.7 Å². The molecule has 0 saturated heterocycles. The molecule has 1 atom stereocenters. The lowest BCUT2D eigenvalue weighted by atomic mass is 10.1. The van der Waals surface area contributed by atoms with Crippen molar-refractivity contribution in [1.82, 2.24) is 14.8 Å². The Morgan fingerprint density at radius 3 is 2.58 bits per heavy atom. The molecule has 2 heterocycles. The predicted molar refractivity (Wildman–Crippen MR) is 97.2 cm³/mol. The molecule has 0 amide bonds. The van der Waals surface area contributed by atoms with Gasteiger partial charge in [-0.2, -0.15) is 0 Å². The summed E-state index contributed by atoms with van der Waals surface area (Å²) in [6, 6.07) is 9.24. The van der Waals surface area contributed by atoms with Crippen molar-refractivity contribution in [1.29, 1.82) is 0 Å². The van der Waals surface area contributed by atoms with Gasteiger partial charge >= 0.3 is 0 Å². The lowest BCUT2D eigenvalue weighted by molar-refractivity contribution is 0.0994. The van der Waals surface area contributed by atoms with Crippen molar-refractivity contribution in [2.45, 2.75) is 24.3 Å². The molecule has 3 rings (SSSR count). The van der Waals surface area contributed by atoms with Crippen molar-refractivity contribution in [3.05, 3.63) is 52.4 Å². The average molecular weight is 406 g/mol. The van der Waals surface area contributed by atoms with Crippen molar-refractivity contribution in [3.8, 4) is 11.4 Å². The SMILES string of the molecule is Cc1occc1-c1nnc(S[C@@H](C)C(=O)c2ccc(Br)cc2)n1C. The van der Waals surface area contributed by atoms with E-state index in [9.17, 15) is 4.79 Å². The third kappa shape index (κ3) is 3.32. The lowest BCUT2D eigenvalue weighted by Crippen LogP contribution is -2.14. The van der Waals surface area contributed by atoms with Crippen molar-refractivity contribution in [2.24, 2.45) is 7.05 Å². The standard InChI is InChI=1S/C17H16BrN3O2S/c1-10-14(8-9-23-10)16-19-20-17(21(16)3)24-11(2)15(22)12-4-6-13(18)7-5-12/h4-9,11H,1-3H3/t11-/m0/s1. The van der Waals surface area contributed by atoms with Crippen LogP contribution in [0.25, 0.3) is 11.4 Å². The Labute approximate surface area is 152 Å². The number of aryl methyl sites for hydroxylation is 1. The van der Waals surface area contributed by atoms with E-state index in [1.54, 1.807) is 6.26 Å². The molecular weight excluding hydrogens is 390 g/mol. The van der Waals surface area contributed by atoms with Crippen LogP contribution in [0.5, 0.6) is 0 Å². The van der Waals surface area contributed by atoms with Crippen LogP contribution in [-0.2, 0) is 7.05 Å². The number of Topliss-reactive ketones (excluding diaryl/α,β-unsaturated/α-hetero) is 1. The van der Waals surface area contributed by atoms with Crippen LogP contribution in [0.4, 0.5) is 0 Å². The van der Waals surface area contributed by atoms with Gasteiger partial charge in [-0.25, -0.2) is 0 Å². The summed E-state index contributed by atoms with van der Waals surface area (Å²) in [6.45, 7) is 3.77. The molecule has 5 nitrogen and oxygen atoms in total. The van der Waals surface area contributed by atoms with Gasteiger partial charge in [0, 0.05) is 17.1 Å². The maximum Gasteiger partial charge on any atom is 0.191 e. The van der Waals surface area contributed by atoms with Crippen molar-refractivity contribution >= 4 is 33.5 Å². The van der Waals surface area contributed by atoms with Crippen LogP contribution in [-0.4, -0.2) is 25.8 Å². The number of rotatable bonds is 5. The second kappa shape index (κ2) is 6.94. The van der Waals surface area contributed by atoms with Gasteiger partial charge in [-0.1, -0.05) is 39.8 Å². The molecule has 0 bridgehead atoms. The maximum absolute atomic E-state index is 12.6. The van der Waals surface area contributed by atoms with Crippen LogP contribution >= 0.6 is 27.7 Å². The highest BCUT2D eigenvalue weighted by atomic mass is 79.9. The van der Waals surface area contributed by atoms with Crippen molar-refractivity contribution < 1.29 is 9.21 Å². The summed E-state index contributed by atoms with van der Waals surface area (Å²) >= 11 is 4.78. The molecule has 124 valence electrons. The highest BCUT2D eigenvalue weighted by Crippen LogP contribution is 2.29. The molecule has 0 unspecified atom stereocenters. The lowest BCUT2D eigenvalue weighted by Gasteiger charge is -2.10. The fourth-order valence-corrected chi connectivity index (χ4v) is 3.49. The number of carbonyl (C=O) groups excluding carboxylic acids is 1. The van der Waals surface area contributed by atoms with Gasteiger partial charge in [0.05, 0.1) is 17.1 Å². The quantitative estimate of drug-likeness (QED) is 0.461. The molecule has 0 aliphatic heterocycles. The second-order valence-electron chi connectivity index (χ2n) is 5.39. The fraction of sp³-hybridized carbons (Fsp3) is 0.235. The fourth-order valence-electron chi connectivity index (χ4n) is 2.33. The minimum atomic E-state index is -0.257. The third-order valence-corrected chi connectivity index (χ3v) is 5.38. The number of benzene rings is 1. The van der Waals surface area contributed by atoms with Gasteiger partial charge in [-0.15, -0.1) is 10.2 Å². The number of aromatic nitrogens is 3. The monoisotopic (exact) mass is 405 g/mol. The Morgan fingerprint density at radius 1 is 1.25 bits per heavy atom. The molecule has 0 aliphatic rings. The van der Waals surface area contributed by atoms with E-state index >= 15 is 0 Å². The number of ketones is 1. The number of carbonyl (C=O) groups is 1. The van der Waals surface area contributed by atoms with Gasteiger partial charge in [-0.05, 0) is 32.0 Å². The summed E-state index contributed by atoms with van der Waals surface area (Å²) in [6.07, 6.45) is 1.63. The van der Waals surface area contributed by atoms with Crippen molar-refractivity contribution in [3.63, 3.8) is 0 Å². The Hall–Kier alpha value is -1.86. The molecule has 0 fully saturated rings. The number of thioether (sulfide) groups is 1. The average Bonchev–Trinajstić information content (AvgIpc) is 3.14. The van der Waals surface area contributed by atoms with Gasteiger partial charge in [0.25, 0.3) is 0 Å². The molecule has 2 aromatic heterocycles. The largest absolute Gasteiger partial charge is 0.469 e. The summed E-state index contributed by atoms with van der Waals surface area (Å²) in [7, 11) is 1.89. The number of halogens is 1. The van der Waals surface area contributed by atoms with E-state index in [2.05, 4.69) is 26.1 Å². The van der Waals surface area contributed by atoms with E-state index in [0.717, 1.165) is 21.6 Å².